The van der Waals surface area contributed by atoms with Crippen LogP contribution >= 0.6 is 0 Å². The summed E-state index contributed by atoms with van der Waals surface area (Å²) >= 11 is 0. The number of rotatable bonds is 13. The number of aliphatic hydroxyl groups is 2. The van der Waals surface area contributed by atoms with Crippen molar-refractivity contribution in [3.05, 3.63) is 12.2 Å². The molecule has 174 valence electrons. The molecule has 1 aliphatic carbocycles. The van der Waals surface area contributed by atoms with Crippen LogP contribution in [0.3, 0.4) is 0 Å². The zero-order valence-electron chi connectivity index (χ0n) is 19.3. The van der Waals surface area contributed by atoms with Crippen molar-refractivity contribution < 1.29 is 29.2 Å². The Morgan fingerprint density at radius 1 is 1.13 bits per heavy atom. The maximum Gasteiger partial charge on any atom is 0.366 e. The Kier molecular flexibility index (Phi) is 9.79. The summed E-state index contributed by atoms with van der Waals surface area (Å²) in [7, 11) is 1.16. The summed E-state index contributed by atoms with van der Waals surface area (Å²) in [6, 6.07) is 0. The van der Waals surface area contributed by atoms with Gasteiger partial charge < -0.3 is 24.4 Å². The molecule has 0 aromatic rings. The first-order valence-corrected chi connectivity index (χ1v) is 11.8. The van der Waals surface area contributed by atoms with E-state index in [1.165, 1.54) is 25.7 Å². The van der Waals surface area contributed by atoms with Gasteiger partial charge in [0.15, 0.2) is 5.79 Å². The van der Waals surface area contributed by atoms with E-state index >= 15 is 0 Å². The van der Waals surface area contributed by atoms with Crippen molar-refractivity contribution in [2.24, 2.45) is 11.8 Å². The van der Waals surface area contributed by atoms with Crippen LogP contribution in [0, 0.1) is 11.8 Å². The fourth-order valence-electron chi connectivity index (χ4n) is 4.84. The highest BCUT2D eigenvalue weighted by molar-refractivity contribution is 5.76. The van der Waals surface area contributed by atoms with Crippen LogP contribution in [0.25, 0.3) is 0 Å². The van der Waals surface area contributed by atoms with Gasteiger partial charge in [-0.25, -0.2) is 4.79 Å². The molecule has 0 aromatic heterocycles. The standard InChI is InChI=1S/C24H42O6/c1-5-6-7-8-9-12-15-19-18(17-20-21(19)30-23(2,3)29-20)14-11-10-13-16-24(26,27)22(25)28-4/h12,15,18-21,26-27H,5-11,13-14,16-17H2,1-4H3/t18-,19+,20+,21-/m0/s1. The second-order valence-corrected chi connectivity index (χ2v) is 9.40. The normalized spacial score (nSPS) is 28.2. The van der Waals surface area contributed by atoms with E-state index in [1.54, 1.807) is 0 Å². The van der Waals surface area contributed by atoms with Crippen molar-refractivity contribution >= 4 is 5.97 Å². The first kappa shape index (κ1) is 25.3. The summed E-state index contributed by atoms with van der Waals surface area (Å²) < 4.78 is 16.8. The fraction of sp³-hybridized carbons (Fsp3) is 0.875. The van der Waals surface area contributed by atoms with Crippen LogP contribution in [0.1, 0.15) is 91.4 Å². The molecule has 6 heteroatoms. The van der Waals surface area contributed by atoms with Crippen LogP contribution < -0.4 is 0 Å². The van der Waals surface area contributed by atoms with Gasteiger partial charge in [-0.1, -0.05) is 51.2 Å². The Balaban J connectivity index is 1.81. The molecule has 1 heterocycles. The van der Waals surface area contributed by atoms with Gasteiger partial charge in [0.2, 0.25) is 0 Å². The average molecular weight is 427 g/mol. The quantitative estimate of drug-likeness (QED) is 0.196. The molecule has 0 spiro atoms. The van der Waals surface area contributed by atoms with E-state index in [-0.39, 0.29) is 18.6 Å². The van der Waals surface area contributed by atoms with Crippen LogP contribution in [-0.2, 0) is 19.0 Å². The minimum Gasteiger partial charge on any atom is -0.465 e. The van der Waals surface area contributed by atoms with Crippen molar-refractivity contribution in [3.8, 4) is 0 Å². The van der Waals surface area contributed by atoms with E-state index in [0.29, 0.717) is 18.3 Å². The molecule has 2 N–H and O–H groups in total. The number of allylic oxidation sites excluding steroid dienone is 1. The van der Waals surface area contributed by atoms with E-state index in [9.17, 15) is 15.0 Å². The van der Waals surface area contributed by atoms with Gasteiger partial charge in [-0.2, -0.15) is 0 Å². The van der Waals surface area contributed by atoms with Crippen molar-refractivity contribution in [1.29, 1.82) is 0 Å². The minimum atomic E-state index is -2.38. The smallest absolute Gasteiger partial charge is 0.366 e. The molecule has 1 saturated carbocycles. The Bertz CT molecular complexity index is 556. The molecule has 0 aromatic carbocycles. The summed E-state index contributed by atoms with van der Waals surface area (Å²) in [4.78, 5) is 11.3. The second-order valence-electron chi connectivity index (χ2n) is 9.40. The maximum atomic E-state index is 11.3. The number of hydrogen-bond acceptors (Lipinski definition) is 6. The molecule has 0 amide bonds. The molecule has 1 aliphatic heterocycles. The SMILES string of the molecule is CCCCCCC=C[C@@H]1[C@@H](CCCCCC(O)(O)C(=O)OC)C[C@H]2OC(C)(C)O[C@@H]12. The molecule has 6 nitrogen and oxygen atoms in total. The van der Waals surface area contributed by atoms with Crippen molar-refractivity contribution in [2.75, 3.05) is 7.11 Å². The minimum absolute atomic E-state index is 0.00288. The number of unbranched alkanes of at least 4 members (excludes halogenated alkanes) is 6. The zero-order chi connectivity index (χ0) is 22.2. The molecular formula is C24H42O6. The third-order valence-electron chi connectivity index (χ3n) is 6.38. The number of ether oxygens (including phenoxy) is 3. The third kappa shape index (κ3) is 7.33. The highest BCUT2D eigenvalue weighted by Crippen LogP contribution is 2.47. The lowest BCUT2D eigenvalue weighted by atomic mass is 9.88. The summed E-state index contributed by atoms with van der Waals surface area (Å²) in [5, 5.41) is 19.4. The first-order chi connectivity index (χ1) is 14.2. The van der Waals surface area contributed by atoms with Gasteiger partial charge in [0.1, 0.15) is 0 Å². The number of carbonyl (C=O) groups excluding carboxylic acids is 1. The molecule has 0 radical (unpaired) electrons. The zero-order valence-corrected chi connectivity index (χ0v) is 19.3. The van der Waals surface area contributed by atoms with Crippen LogP contribution in [0.15, 0.2) is 12.2 Å². The number of hydrogen-bond donors (Lipinski definition) is 2. The summed E-state index contributed by atoms with van der Waals surface area (Å²) in [6.45, 7) is 6.21. The van der Waals surface area contributed by atoms with Gasteiger partial charge in [0, 0.05) is 12.3 Å². The molecular weight excluding hydrogens is 384 g/mol. The Morgan fingerprint density at radius 2 is 1.87 bits per heavy atom. The van der Waals surface area contributed by atoms with Gasteiger partial charge in [-0.15, -0.1) is 0 Å². The Morgan fingerprint density at radius 3 is 2.57 bits per heavy atom. The fourth-order valence-corrected chi connectivity index (χ4v) is 4.84. The van der Waals surface area contributed by atoms with Gasteiger partial charge in [0.25, 0.3) is 5.79 Å². The highest BCUT2D eigenvalue weighted by Gasteiger charge is 2.51. The third-order valence-corrected chi connectivity index (χ3v) is 6.38. The summed E-state index contributed by atoms with van der Waals surface area (Å²) in [5.41, 5.74) is 0. The number of carbonyl (C=O) groups is 1. The summed E-state index contributed by atoms with van der Waals surface area (Å²) in [5.74, 6) is -3.00. The van der Waals surface area contributed by atoms with Crippen molar-refractivity contribution in [2.45, 2.75) is 115 Å². The maximum absolute atomic E-state index is 11.3. The van der Waals surface area contributed by atoms with E-state index in [2.05, 4.69) is 23.8 Å². The van der Waals surface area contributed by atoms with E-state index in [0.717, 1.165) is 39.2 Å². The van der Waals surface area contributed by atoms with Crippen LogP contribution in [0.2, 0.25) is 0 Å². The van der Waals surface area contributed by atoms with Gasteiger partial charge >= 0.3 is 5.97 Å². The van der Waals surface area contributed by atoms with Crippen LogP contribution in [0.5, 0.6) is 0 Å². The van der Waals surface area contributed by atoms with Crippen LogP contribution in [-0.4, -0.2) is 47.1 Å². The molecule has 0 bridgehead atoms. The van der Waals surface area contributed by atoms with Crippen molar-refractivity contribution in [3.63, 3.8) is 0 Å². The predicted octanol–water partition coefficient (Wildman–Crippen LogP) is 4.47. The highest BCUT2D eigenvalue weighted by atomic mass is 16.8. The topological polar surface area (TPSA) is 85.2 Å². The molecule has 2 aliphatic rings. The lowest BCUT2D eigenvalue weighted by molar-refractivity contribution is -0.209. The monoisotopic (exact) mass is 426 g/mol. The molecule has 1 saturated heterocycles. The van der Waals surface area contributed by atoms with Crippen LogP contribution in [0.4, 0.5) is 0 Å². The molecule has 2 fully saturated rings. The lowest BCUT2D eigenvalue weighted by Gasteiger charge is -2.25. The number of methoxy groups -OCH3 is 1. The lowest BCUT2D eigenvalue weighted by Crippen LogP contribution is -2.39. The molecule has 0 unspecified atom stereocenters. The number of esters is 1. The molecule has 4 atom stereocenters. The Hall–Kier alpha value is -0.950. The Labute approximate surface area is 182 Å². The largest absolute Gasteiger partial charge is 0.465 e. The van der Waals surface area contributed by atoms with E-state index < -0.39 is 17.5 Å². The van der Waals surface area contributed by atoms with Gasteiger partial charge in [-0.3, -0.25) is 0 Å². The predicted molar refractivity (Wildman–Crippen MR) is 116 cm³/mol. The van der Waals surface area contributed by atoms with Crippen molar-refractivity contribution in [1.82, 2.24) is 0 Å². The van der Waals surface area contributed by atoms with E-state index in [1.807, 2.05) is 13.8 Å². The molecule has 2 rings (SSSR count). The van der Waals surface area contributed by atoms with Gasteiger partial charge in [-0.05, 0) is 51.9 Å². The second kappa shape index (κ2) is 11.6. The average Bonchev–Trinajstić information content (AvgIpc) is 3.15. The summed E-state index contributed by atoms with van der Waals surface area (Å²) in [6.07, 6.45) is 15.6. The van der Waals surface area contributed by atoms with Gasteiger partial charge in [0.05, 0.1) is 19.3 Å². The first-order valence-electron chi connectivity index (χ1n) is 11.8. The van der Waals surface area contributed by atoms with E-state index in [4.69, 9.17) is 9.47 Å². The number of fused-ring (bicyclic) bond motifs is 1. The molecule has 30 heavy (non-hydrogen) atoms.